The van der Waals surface area contributed by atoms with E-state index < -0.39 is 30.1 Å². The smallest absolute Gasteiger partial charge is 0.408 e. The average Bonchev–Trinajstić information content (AvgIpc) is 2.91. The maximum atomic E-state index is 13.1. The highest BCUT2D eigenvalue weighted by Gasteiger charge is 2.29. The van der Waals surface area contributed by atoms with Crippen molar-refractivity contribution < 1.29 is 23.9 Å². The van der Waals surface area contributed by atoms with Gasteiger partial charge < -0.3 is 20.1 Å². The summed E-state index contributed by atoms with van der Waals surface area (Å²) in [7, 11) is 1.28. The van der Waals surface area contributed by atoms with Crippen LogP contribution in [0.1, 0.15) is 25.0 Å². The van der Waals surface area contributed by atoms with Crippen LogP contribution in [0.15, 0.2) is 84.9 Å². The maximum absolute atomic E-state index is 13.1. The molecule has 0 aromatic heterocycles. The highest BCUT2D eigenvalue weighted by atomic mass is 16.5. The predicted octanol–water partition coefficient (Wildman–Crippen LogP) is 4.50. The van der Waals surface area contributed by atoms with Gasteiger partial charge in [-0.1, -0.05) is 98.8 Å². The van der Waals surface area contributed by atoms with Crippen LogP contribution in [0, 0.1) is 5.92 Å². The van der Waals surface area contributed by atoms with Crippen LogP contribution in [0.5, 0.6) is 0 Å². The van der Waals surface area contributed by atoms with Crippen molar-refractivity contribution in [1.82, 2.24) is 10.6 Å². The minimum Gasteiger partial charge on any atom is -0.467 e. The largest absolute Gasteiger partial charge is 0.467 e. The molecular formula is C29H32N2O5. The number of alkyl carbamates (subject to hydrolysis) is 1. The first-order chi connectivity index (χ1) is 17.4. The molecule has 3 aromatic carbocycles. The number of carbonyl (C=O) groups excluding carboxylic acids is 3. The summed E-state index contributed by atoms with van der Waals surface area (Å²) in [6.45, 7) is 3.69. The molecule has 0 bridgehead atoms. The van der Waals surface area contributed by atoms with E-state index in [0.29, 0.717) is 0 Å². The van der Waals surface area contributed by atoms with Crippen molar-refractivity contribution >= 4 is 18.0 Å². The van der Waals surface area contributed by atoms with E-state index in [1.54, 1.807) is 13.8 Å². The minimum absolute atomic E-state index is 0.0862. The molecule has 3 aromatic rings. The summed E-state index contributed by atoms with van der Waals surface area (Å²) in [6, 6.07) is 25.2. The Kier molecular flexibility index (Phi) is 9.63. The molecule has 0 spiro atoms. The Morgan fingerprint density at radius 2 is 1.33 bits per heavy atom. The van der Waals surface area contributed by atoms with Gasteiger partial charge in [0.2, 0.25) is 5.91 Å². The van der Waals surface area contributed by atoms with E-state index in [-0.39, 0.29) is 18.9 Å². The fourth-order valence-corrected chi connectivity index (χ4v) is 3.72. The monoisotopic (exact) mass is 488 g/mol. The summed E-state index contributed by atoms with van der Waals surface area (Å²) in [5.41, 5.74) is 3.84. The van der Waals surface area contributed by atoms with Gasteiger partial charge in [0.15, 0.2) is 0 Å². The summed E-state index contributed by atoms with van der Waals surface area (Å²) < 4.78 is 10.2. The van der Waals surface area contributed by atoms with Crippen LogP contribution in [0.25, 0.3) is 11.1 Å². The lowest BCUT2D eigenvalue weighted by Gasteiger charge is -2.24. The number of nitrogens with one attached hydrogen (secondary N) is 2. The SMILES string of the molecule is COC(=O)[C@H](Cc1ccc(-c2ccccc2)cc1)NC(=O)[C@H](NC(=O)OCc1ccccc1)C(C)C. The zero-order valence-corrected chi connectivity index (χ0v) is 20.8. The number of hydrogen-bond donors (Lipinski definition) is 2. The molecule has 7 heteroatoms. The molecule has 3 rings (SSSR count). The molecule has 0 aliphatic carbocycles. The van der Waals surface area contributed by atoms with Crippen LogP contribution < -0.4 is 10.6 Å². The van der Waals surface area contributed by atoms with Gasteiger partial charge in [-0.15, -0.1) is 0 Å². The van der Waals surface area contributed by atoms with Crippen LogP contribution >= 0.6 is 0 Å². The van der Waals surface area contributed by atoms with Crippen molar-refractivity contribution in [2.45, 2.75) is 39.0 Å². The standard InChI is InChI=1S/C29H32N2O5/c1-20(2)26(31-29(34)36-19-22-10-6-4-7-11-22)27(32)30-25(28(33)35-3)18-21-14-16-24(17-15-21)23-12-8-5-9-13-23/h4-17,20,25-26H,18-19H2,1-3H3,(H,30,32)(H,31,34)/t25-,26+/m0/s1. The fraction of sp³-hybridized carbons (Fsp3) is 0.276. The first kappa shape index (κ1) is 26.5. The van der Waals surface area contributed by atoms with Crippen molar-refractivity contribution in [2.75, 3.05) is 7.11 Å². The molecule has 0 aliphatic rings. The lowest BCUT2D eigenvalue weighted by atomic mass is 9.99. The quantitative estimate of drug-likeness (QED) is 0.410. The third-order valence-electron chi connectivity index (χ3n) is 5.74. The van der Waals surface area contributed by atoms with Crippen molar-refractivity contribution in [3.8, 4) is 11.1 Å². The summed E-state index contributed by atoms with van der Waals surface area (Å²) in [5.74, 6) is -1.29. The van der Waals surface area contributed by atoms with E-state index in [4.69, 9.17) is 9.47 Å². The molecule has 2 amide bonds. The lowest BCUT2D eigenvalue weighted by Crippen LogP contribution is -2.54. The van der Waals surface area contributed by atoms with Gasteiger partial charge >= 0.3 is 12.1 Å². The number of ether oxygens (including phenoxy) is 2. The summed E-state index contributed by atoms with van der Waals surface area (Å²) in [5, 5.41) is 5.35. The number of rotatable bonds is 10. The number of amides is 2. The second-order valence-corrected chi connectivity index (χ2v) is 8.78. The first-order valence-corrected chi connectivity index (χ1v) is 11.9. The second kappa shape index (κ2) is 13.1. The van der Waals surface area contributed by atoms with Gasteiger partial charge in [0.1, 0.15) is 18.7 Å². The third kappa shape index (κ3) is 7.70. The van der Waals surface area contributed by atoms with E-state index in [0.717, 1.165) is 22.3 Å². The van der Waals surface area contributed by atoms with Crippen molar-refractivity contribution in [1.29, 1.82) is 0 Å². The molecule has 0 saturated carbocycles. The van der Waals surface area contributed by atoms with Gasteiger partial charge in [-0.3, -0.25) is 4.79 Å². The number of benzene rings is 3. The fourth-order valence-electron chi connectivity index (χ4n) is 3.72. The Balaban J connectivity index is 1.63. The average molecular weight is 489 g/mol. The molecule has 2 N–H and O–H groups in total. The molecule has 7 nitrogen and oxygen atoms in total. The summed E-state index contributed by atoms with van der Waals surface area (Å²) in [6.07, 6.45) is -0.463. The highest BCUT2D eigenvalue weighted by molar-refractivity contribution is 5.90. The molecule has 0 radical (unpaired) electrons. The second-order valence-electron chi connectivity index (χ2n) is 8.78. The molecule has 0 aliphatic heterocycles. The molecule has 0 heterocycles. The number of methoxy groups -OCH3 is 1. The van der Waals surface area contributed by atoms with Crippen LogP contribution in [0.2, 0.25) is 0 Å². The van der Waals surface area contributed by atoms with Crippen LogP contribution in [-0.2, 0) is 32.1 Å². The van der Waals surface area contributed by atoms with Gasteiger partial charge in [-0.05, 0) is 28.2 Å². The molecule has 0 fully saturated rings. The van der Waals surface area contributed by atoms with Crippen molar-refractivity contribution in [3.05, 3.63) is 96.1 Å². The van der Waals surface area contributed by atoms with Crippen LogP contribution in [-0.4, -0.2) is 37.2 Å². The summed E-state index contributed by atoms with van der Waals surface area (Å²) in [4.78, 5) is 37.9. The topological polar surface area (TPSA) is 93.7 Å². The van der Waals surface area contributed by atoms with E-state index in [1.807, 2.05) is 84.9 Å². The summed E-state index contributed by atoms with van der Waals surface area (Å²) >= 11 is 0. The Morgan fingerprint density at radius 3 is 1.92 bits per heavy atom. The Bertz CT molecular complexity index is 1130. The van der Waals surface area contributed by atoms with Gasteiger partial charge in [0.05, 0.1) is 7.11 Å². The Hall–Kier alpha value is -4.13. The lowest BCUT2D eigenvalue weighted by molar-refractivity contribution is -0.145. The highest BCUT2D eigenvalue weighted by Crippen LogP contribution is 2.20. The minimum atomic E-state index is -0.909. The van der Waals surface area contributed by atoms with Crippen LogP contribution in [0.4, 0.5) is 4.79 Å². The molecule has 2 atom stereocenters. The number of esters is 1. The van der Waals surface area contributed by atoms with E-state index in [1.165, 1.54) is 7.11 Å². The van der Waals surface area contributed by atoms with E-state index >= 15 is 0 Å². The first-order valence-electron chi connectivity index (χ1n) is 11.9. The molecule has 0 saturated heterocycles. The zero-order valence-electron chi connectivity index (χ0n) is 20.8. The number of hydrogen-bond acceptors (Lipinski definition) is 5. The van der Waals surface area contributed by atoms with Gasteiger partial charge in [0.25, 0.3) is 0 Å². The maximum Gasteiger partial charge on any atom is 0.408 e. The zero-order chi connectivity index (χ0) is 25.9. The van der Waals surface area contributed by atoms with Gasteiger partial charge in [-0.2, -0.15) is 0 Å². The molecular weight excluding hydrogens is 456 g/mol. The van der Waals surface area contributed by atoms with Gasteiger partial charge in [-0.25, -0.2) is 9.59 Å². The Labute approximate surface area is 211 Å². The third-order valence-corrected chi connectivity index (χ3v) is 5.74. The molecule has 36 heavy (non-hydrogen) atoms. The molecule has 188 valence electrons. The van der Waals surface area contributed by atoms with Crippen LogP contribution in [0.3, 0.4) is 0 Å². The Morgan fingerprint density at radius 1 is 0.750 bits per heavy atom. The molecule has 0 unspecified atom stereocenters. The number of carbonyl (C=O) groups is 3. The van der Waals surface area contributed by atoms with Gasteiger partial charge in [0, 0.05) is 6.42 Å². The van der Waals surface area contributed by atoms with Crippen molar-refractivity contribution in [2.24, 2.45) is 5.92 Å². The van der Waals surface area contributed by atoms with Crippen molar-refractivity contribution in [3.63, 3.8) is 0 Å². The van der Waals surface area contributed by atoms with E-state index in [9.17, 15) is 14.4 Å². The predicted molar refractivity (Wildman–Crippen MR) is 138 cm³/mol. The normalized spacial score (nSPS) is 12.3. The van der Waals surface area contributed by atoms with E-state index in [2.05, 4.69) is 10.6 Å².